The minimum absolute atomic E-state index is 0.0275. The number of hydrogen-bond donors (Lipinski definition) is 0. The van der Waals surface area contributed by atoms with E-state index in [1.165, 1.54) is 11.3 Å². The van der Waals surface area contributed by atoms with Crippen molar-refractivity contribution in [3.63, 3.8) is 0 Å². The lowest BCUT2D eigenvalue weighted by atomic mass is 10.1. The van der Waals surface area contributed by atoms with Crippen LogP contribution >= 0.6 is 11.8 Å². The number of aryl methyl sites for hydroxylation is 1. The standard InChI is InChI=1S/C10H10N4OS/c1-6-2-9(12-5-11-6)14-10(15)7-3-16-4-8(7)13-14/h2,5,7H,3-4H2,1H3. The van der Waals surface area contributed by atoms with Crippen molar-refractivity contribution >= 4 is 29.2 Å². The minimum Gasteiger partial charge on any atom is -0.272 e. The first-order valence-corrected chi connectivity index (χ1v) is 6.19. The summed E-state index contributed by atoms with van der Waals surface area (Å²) < 4.78 is 0. The smallest absolute Gasteiger partial charge is 0.258 e. The average Bonchev–Trinajstić information content (AvgIpc) is 2.82. The van der Waals surface area contributed by atoms with Gasteiger partial charge in [-0.3, -0.25) is 4.79 Å². The molecule has 1 unspecified atom stereocenters. The fourth-order valence-corrected chi connectivity index (χ4v) is 2.99. The van der Waals surface area contributed by atoms with Crippen LogP contribution in [0.1, 0.15) is 5.69 Å². The summed E-state index contributed by atoms with van der Waals surface area (Å²) in [6, 6.07) is 1.77. The molecule has 0 N–H and O–H groups in total. The second kappa shape index (κ2) is 3.55. The molecular formula is C10H10N4OS. The monoisotopic (exact) mass is 234 g/mol. The Morgan fingerprint density at radius 2 is 2.38 bits per heavy atom. The van der Waals surface area contributed by atoms with Crippen LogP contribution < -0.4 is 5.01 Å². The second-order valence-electron chi connectivity index (χ2n) is 3.83. The van der Waals surface area contributed by atoms with Crippen molar-refractivity contribution in [1.29, 1.82) is 0 Å². The first kappa shape index (κ1) is 9.77. The van der Waals surface area contributed by atoms with E-state index in [-0.39, 0.29) is 11.8 Å². The van der Waals surface area contributed by atoms with E-state index < -0.39 is 0 Å². The van der Waals surface area contributed by atoms with E-state index in [1.807, 2.05) is 6.92 Å². The maximum atomic E-state index is 12.0. The molecular weight excluding hydrogens is 224 g/mol. The van der Waals surface area contributed by atoms with Crippen LogP contribution in [0.5, 0.6) is 0 Å². The van der Waals surface area contributed by atoms with Gasteiger partial charge < -0.3 is 0 Å². The van der Waals surface area contributed by atoms with Gasteiger partial charge in [-0.2, -0.15) is 21.9 Å². The van der Waals surface area contributed by atoms with Crippen molar-refractivity contribution in [3.05, 3.63) is 18.1 Å². The zero-order chi connectivity index (χ0) is 11.1. The number of hydrogen-bond acceptors (Lipinski definition) is 5. The highest BCUT2D eigenvalue weighted by Crippen LogP contribution is 2.30. The summed E-state index contributed by atoms with van der Waals surface area (Å²) in [4.78, 5) is 20.1. The van der Waals surface area contributed by atoms with Crippen molar-refractivity contribution in [2.45, 2.75) is 6.92 Å². The Morgan fingerprint density at radius 1 is 1.50 bits per heavy atom. The van der Waals surface area contributed by atoms with Gasteiger partial charge in [0.25, 0.3) is 5.91 Å². The largest absolute Gasteiger partial charge is 0.272 e. The molecule has 2 aliphatic rings. The van der Waals surface area contributed by atoms with Crippen LogP contribution in [0, 0.1) is 12.8 Å². The van der Waals surface area contributed by atoms with Gasteiger partial charge in [-0.05, 0) is 6.92 Å². The molecule has 0 bridgehead atoms. The quantitative estimate of drug-likeness (QED) is 0.723. The summed E-state index contributed by atoms with van der Waals surface area (Å²) in [5.74, 6) is 2.29. The summed E-state index contributed by atoms with van der Waals surface area (Å²) in [5.41, 5.74) is 1.82. The van der Waals surface area contributed by atoms with Gasteiger partial charge in [-0.25, -0.2) is 9.97 Å². The third kappa shape index (κ3) is 1.41. The maximum Gasteiger partial charge on any atom is 0.258 e. The van der Waals surface area contributed by atoms with Crippen molar-refractivity contribution < 1.29 is 4.79 Å². The molecule has 1 aromatic rings. The summed E-state index contributed by atoms with van der Waals surface area (Å²) in [7, 11) is 0. The Kier molecular flexibility index (Phi) is 2.17. The summed E-state index contributed by atoms with van der Waals surface area (Å²) in [6.07, 6.45) is 1.46. The molecule has 0 radical (unpaired) electrons. The SMILES string of the molecule is Cc1cc(N2N=C3CSCC3C2=O)ncn1. The molecule has 3 heterocycles. The van der Waals surface area contributed by atoms with Crippen LogP contribution in [0.3, 0.4) is 0 Å². The average molecular weight is 234 g/mol. The number of nitrogens with zero attached hydrogens (tertiary/aromatic N) is 4. The van der Waals surface area contributed by atoms with Crippen LogP contribution in [0.4, 0.5) is 5.82 Å². The first-order chi connectivity index (χ1) is 7.75. The van der Waals surface area contributed by atoms with Gasteiger partial charge >= 0.3 is 0 Å². The number of aromatic nitrogens is 2. The molecule has 0 saturated carbocycles. The van der Waals surface area contributed by atoms with E-state index in [0.29, 0.717) is 5.82 Å². The number of thioether (sulfide) groups is 1. The molecule has 3 rings (SSSR count). The van der Waals surface area contributed by atoms with Gasteiger partial charge in [0.1, 0.15) is 6.33 Å². The summed E-state index contributed by atoms with van der Waals surface area (Å²) >= 11 is 1.76. The zero-order valence-electron chi connectivity index (χ0n) is 8.75. The third-order valence-corrected chi connectivity index (χ3v) is 3.75. The van der Waals surface area contributed by atoms with E-state index in [2.05, 4.69) is 15.1 Å². The van der Waals surface area contributed by atoms with E-state index in [0.717, 1.165) is 22.9 Å². The first-order valence-electron chi connectivity index (χ1n) is 5.03. The van der Waals surface area contributed by atoms with E-state index >= 15 is 0 Å². The Labute approximate surface area is 97.0 Å². The molecule has 5 nitrogen and oxygen atoms in total. The molecule has 2 aliphatic heterocycles. The molecule has 0 aliphatic carbocycles. The number of hydrazone groups is 1. The molecule has 1 saturated heterocycles. The summed E-state index contributed by atoms with van der Waals surface area (Å²) in [6.45, 7) is 1.87. The number of carbonyl (C=O) groups is 1. The molecule has 1 fully saturated rings. The fraction of sp³-hybridized carbons (Fsp3) is 0.400. The van der Waals surface area contributed by atoms with E-state index in [1.54, 1.807) is 17.8 Å². The van der Waals surface area contributed by atoms with Crippen LogP contribution in [-0.4, -0.2) is 33.1 Å². The predicted octanol–water partition coefficient (Wildman–Crippen LogP) is 0.851. The highest BCUT2D eigenvalue weighted by Gasteiger charge is 2.40. The lowest BCUT2D eigenvalue weighted by Crippen LogP contribution is -2.27. The molecule has 1 aromatic heterocycles. The molecule has 0 aromatic carbocycles. The number of fused-ring (bicyclic) bond motifs is 1. The third-order valence-electron chi connectivity index (χ3n) is 2.68. The highest BCUT2D eigenvalue weighted by molar-refractivity contribution is 8.00. The normalized spacial score (nSPS) is 23.6. The Morgan fingerprint density at radius 3 is 3.12 bits per heavy atom. The van der Waals surface area contributed by atoms with Crippen molar-refractivity contribution in [3.8, 4) is 0 Å². The number of rotatable bonds is 1. The molecule has 0 spiro atoms. The second-order valence-corrected chi connectivity index (χ2v) is 4.86. The topological polar surface area (TPSA) is 58.5 Å². The molecule has 82 valence electrons. The van der Waals surface area contributed by atoms with Crippen LogP contribution in [0.15, 0.2) is 17.5 Å². The number of amides is 1. The molecule has 16 heavy (non-hydrogen) atoms. The zero-order valence-corrected chi connectivity index (χ0v) is 9.57. The lowest BCUT2D eigenvalue weighted by molar-refractivity contribution is -0.119. The number of carbonyl (C=O) groups excluding carboxylic acids is 1. The Bertz CT molecular complexity index is 487. The van der Waals surface area contributed by atoms with Gasteiger partial charge in [0.15, 0.2) is 5.82 Å². The van der Waals surface area contributed by atoms with Gasteiger partial charge in [0, 0.05) is 23.3 Å². The van der Waals surface area contributed by atoms with E-state index in [4.69, 9.17) is 0 Å². The molecule has 1 atom stereocenters. The van der Waals surface area contributed by atoms with Crippen molar-refractivity contribution in [1.82, 2.24) is 9.97 Å². The minimum atomic E-state index is -0.0275. The van der Waals surface area contributed by atoms with Crippen LogP contribution in [0.2, 0.25) is 0 Å². The van der Waals surface area contributed by atoms with Gasteiger partial charge in [-0.15, -0.1) is 0 Å². The fourth-order valence-electron chi connectivity index (χ4n) is 1.84. The van der Waals surface area contributed by atoms with Gasteiger partial charge in [-0.1, -0.05) is 0 Å². The molecule has 6 heteroatoms. The lowest BCUT2D eigenvalue weighted by Gasteiger charge is -2.12. The van der Waals surface area contributed by atoms with Gasteiger partial charge in [0.2, 0.25) is 0 Å². The van der Waals surface area contributed by atoms with E-state index in [9.17, 15) is 4.79 Å². The van der Waals surface area contributed by atoms with Crippen molar-refractivity contribution in [2.24, 2.45) is 11.0 Å². The van der Waals surface area contributed by atoms with Gasteiger partial charge in [0.05, 0.1) is 11.6 Å². The highest BCUT2D eigenvalue weighted by atomic mass is 32.2. The van der Waals surface area contributed by atoms with Crippen LogP contribution in [-0.2, 0) is 4.79 Å². The maximum absolute atomic E-state index is 12.0. The summed E-state index contributed by atoms with van der Waals surface area (Å²) in [5, 5.41) is 5.74. The predicted molar refractivity (Wildman–Crippen MR) is 62.5 cm³/mol. The Hall–Kier alpha value is -1.43. The van der Waals surface area contributed by atoms with Crippen molar-refractivity contribution in [2.75, 3.05) is 16.5 Å². The molecule has 1 amide bonds. The Balaban J connectivity index is 1.97. The van der Waals surface area contributed by atoms with Crippen LogP contribution in [0.25, 0.3) is 0 Å². The number of anilines is 1.